The lowest BCUT2D eigenvalue weighted by Crippen LogP contribution is -2.29. The van der Waals surface area contributed by atoms with Crippen molar-refractivity contribution < 1.29 is 13.9 Å². The van der Waals surface area contributed by atoms with E-state index in [4.69, 9.17) is 4.74 Å². The summed E-state index contributed by atoms with van der Waals surface area (Å²) in [5, 5.41) is 7.33. The summed E-state index contributed by atoms with van der Waals surface area (Å²) in [7, 11) is 1.40. The molecule has 1 N–H and O–H groups in total. The Hall–Kier alpha value is -2.74. The summed E-state index contributed by atoms with van der Waals surface area (Å²) >= 11 is 3.46. The predicted molar refractivity (Wildman–Crippen MR) is 111 cm³/mol. The van der Waals surface area contributed by atoms with E-state index in [-0.39, 0.29) is 11.7 Å². The van der Waals surface area contributed by atoms with Gasteiger partial charge in [-0.1, -0.05) is 13.8 Å². The van der Waals surface area contributed by atoms with Crippen LogP contribution >= 0.6 is 15.9 Å². The van der Waals surface area contributed by atoms with Gasteiger partial charge in [-0.15, -0.1) is 0 Å². The molecule has 0 radical (unpaired) electrons. The van der Waals surface area contributed by atoms with Crippen LogP contribution in [0.2, 0.25) is 0 Å². The molecule has 1 aromatic carbocycles. The average molecular weight is 459 g/mol. The van der Waals surface area contributed by atoms with Crippen molar-refractivity contribution in [2.24, 2.45) is 5.92 Å². The summed E-state index contributed by atoms with van der Waals surface area (Å²) in [5.41, 5.74) is 3.52. The van der Waals surface area contributed by atoms with E-state index in [0.29, 0.717) is 17.3 Å². The van der Waals surface area contributed by atoms with Crippen molar-refractivity contribution in [3.63, 3.8) is 0 Å². The fraction of sp³-hybridized carbons (Fsp3) is 0.286. The van der Waals surface area contributed by atoms with Crippen LogP contribution in [-0.2, 0) is 6.42 Å². The van der Waals surface area contributed by atoms with Crippen molar-refractivity contribution in [3.05, 3.63) is 69.5 Å². The summed E-state index contributed by atoms with van der Waals surface area (Å²) in [6.07, 6.45) is 4.16. The molecule has 1 atom stereocenters. The number of aromatic amines is 1. The lowest BCUT2D eigenvalue weighted by molar-refractivity contribution is 0.0988. The number of nitrogens with zero attached hydrogens (tertiary/aromatic N) is 3. The quantitative estimate of drug-likeness (QED) is 0.603. The van der Waals surface area contributed by atoms with Gasteiger partial charge in [0.1, 0.15) is 5.69 Å². The van der Waals surface area contributed by atoms with E-state index in [1.165, 1.54) is 19.2 Å². The molecule has 3 heterocycles. The lowest BCUT2D eigenvalue weighted by atomic mass is 9.96. The van der Waals surface area contributed by atoms with Crippen LogP contribution < -0.4 is 9.64 Å². The van der Waals surface area contributed by atoms with E-state index >= 15 is 0 Å². The van der Waals surface area contributed by atoms with E-state index in [0.717, 1.165) is 27.7 Å². The third kappa shape index (κ3) is 3.42. The van der Waals surface area contributed by atoms with Crippen molar-refractivity contribution in [2.75, 3.05) is 12.0 Å². The van der Waals surface area contributed by atoms with Crippen LogP contribution in [0.1, 0.15) is 47.2 Å². The number of nitrogens with one attached hydrogen (secondary N) is 1. The van der Waals surface area contributed by atoms with Gasteiger partial charge in [0, 0.05) is 34.2 Å². The Morgan fingerprint density at radius 1 is 1.31 bits per heavy atom. The molecule has 0 aliphatic carbocycles. The Morgan fingerprint density at radius 2 is 2.10 bits per heavy atom. The SMILES string of the molecule is COc1cc(N2C(=O)c3[nH]nc(CC(C)C)c3C2c2cncc(Br)c2)ccc1F. The molecule has 1 aliphatic heterocycles. The number of ether oxygens (including phenoxy) is 1. The van der Waals surface area contributed by atoms with Crippen molar-refractivity contribution in [2.45, 2.75) is 26.3 Å². The maximum atomic E-state index is 14.0. The van der Waals surface area contributed by atoms with Gasteiger partial charge >= 0.3 is 0 Å². The highest BCUT2D eigenvalue weighted by molar-refractivity contribution is 9.10. The number of aromatic nitrogens is 3. The van der Waals surface area contributed by atoms with Crippen molar-refractivity contribution in [1.29, 1.82) is 0 Å². The van der Waals surface area contributed by atoms with Crippen LogP contribution in [-0.4, -0.2) is 28.2 Å². The molecule has 8 heteroatoms. The average Bonchev–Trinajstić information content (AvgIpc) is 3.21. The fourth-order valence-electron chi connectivity index (χ4n) is 3.71. The number of H-pyrrole nitrogens is 1. The van der Waals surface area contributed by atoms with Crippen LogP contribution in [0.25, 0.3) is 0 Å². The lowest BCUT2D eigenvalue weighted by Gasteiger charge is -2.27. The Balaban J connectivity index is 1.90. The number of amides is 1. The Kier molecular flexibility index (Phi) is 5.12. The smallest absolute Gasteiger partial charge is 0.277 e. The minimum absolute atomic E-state index is 0.0810. The van der Waals surface area contributed by atoms with Gasteiger partial charge in [-0.05, 0) is 52.0 Å². The van der Waals surface area contributed by atoms with Crippen LogP contribution in [0.5, 0.6) is 5.75 Å². The summed E-state index contributed by atoms with van der Waals surface area (Å²) in [6.45, 7) is 4.21. The van der Waals surface area contributed by atoms with E-state index in [9.17, 15) is 9.18 Å². The molecule has 150 valence electrons. The summed E-state index contributed by atoms with van der Waals surface area (Å²) in [6, 6.07) is 5.92. The van der Waals surface area contributed by atoms with Gasteiger partial charge < -0.3 is 4.74 Å². The highest BCUT2D eigenvalue weighted by Gasteiger charge is 2.43. The minimum atomic E-state index is -0.482. The van der Waals surface area contributed by atoms with Crippen LogP contribution in [0.3, 0.4) is 0 Å². The van der Waals surface area contributed by atoms with E-state index in [2.05, 4.69) is 45.0 Å². The highest BCUT2D eigenvalue weighted by atomic mass is 79.9. The van der Waals surface area contributed by atoms with E-state index in [1.54, 1.807) is 23.4 Å². The van der Waals surface area contributed by atoms with Crippen LogP contribution in [0.4, 0.5) is 10.1 Å². The predicted octanol–water partition coefficient (Wildman–Crippen LogP) is 4.66. The number of carbonyl (C=O) groups excluding carboxylic acids is 1. The maximum Gasteiger partial charge on any atom is 0.277 e. The first-order valence-electron chi connectivity index (χ1n) is 9.25. The first-order valence-corrected chi connectivity index (χ1v) is 10.0. The van der Waals surface area contributed by atoms with Gasteiger partial charge in [-0.3, -0.25) is 19.8 Å². The standard InChI is InChI=1S/C21H20BrFN4O2/c1-11(2)6-16-18-19(26-25-16)21(28)27(14-4-5-15(23)17(8-14)29-3)20(18)12-7-13(22)10-24-9-12/h4-5,7-11,20H,6H2,1-3H3,(H,25,26). The maximum absolute atomic E-state index is 14.0. The molecular weight excluding hydrogens is 439 g/mol. The van der Waals surface area contributed by atoms with E-state index < -0.39 is 11.9 Å². The third-order valence-corrected chi connectivity index (χ3v) is 5.34. The zero-order valence-electron chi connectivity index (χ0n) is 16.2. The summed E-state index contributed by atoms with van der Waals surface area (Å²) in [4.78, 5) is 19.3. The molecule has 6 nitrogen and oxygen atoms in total. The molecule has 0 saturated carbocycles. The second-order valence-corrected chi connectivity index (χ2v) is 8.31. The normalized spacial score (nSPS) is 15.9. The summed E-state index contributed by atoms with van der Waals surface area (Å²) < 4.78 is 19.9. The molecule has 0 fully saturated rings. The number of rotatable bonds is 5. The van der Waals surface area contributed by atoms with Gasteiger partial charge in [0.2, 0.25) is 0 Å². The van der Waals surface area contributed by atoms with Crippen molar-refractivity contribution >= 4 is 27.5 Å². The number of fused-ring (bicyclic) bond motifs is 1. The van der Waals surface area contributed by atoms with Crippen LogP contribution in [0, 0.1) is 11.7 Å². The first kappa shape index (κ1) is 19.6. The van der Waals surface area contributed by atoms with Gasteiger partial charge in [0.05, 0.1) is 18.8 Å². The second-order valence-electron chi connectivity index (χ2n) is 7.39. The Bertz CT molecular complexity index is 1080. The third-order valence-electron chi connectivity index (χ3n) is 4.90. The van der Waals surface area contributed by atoms with Gasteiger partial charge in [-0.2, -0.15) is 5.10 Å². The second kappa shape index (κ2) is 7.59. The van der Waals surface area contributed by atoms with Crippen LogP contribution in [0.15, 0.2) is 41.1 Å². The van der Waals surface area contributed by atoms with Gasteiger partial charge in [0.25, 0.3) is 5.91 Å². The molecular formula is C21H20BrFN4O2. The largest absolute Gasteiger partial charge is 0.494 e. The molecule has 3 aromatic rings. The summed E-state index contributed by atoms with van der Waals surface area (Å²) in [5.74, 6) is -0.248. The monoisotopic (exact) mass is 458 g/mol. The number of carbonyl (C=O) groups is 1. The number of methoxy groups -OCH3 is 1. The number of benzene rings is 1. The highest BCUT2D eigenvalue weighted by Crippen LogP contribution is 2.44. The Labute approximate surface area is 176 Å². The minimum Gasteiger partial charge on any atom is -0.494 e. The number of hydrogen-bond acceptors (Lipinski definition) is 4. The fourth-order valence-corrected chi connectivity index (χ4v) is 4.10. The molecule has 2 aromatic heterocycles. The molecule has 1 unspecified atom stereocenters. The van der Waals surface area contributed by atoms with E-state index in [1.807, 2.05) is 6.07 Å². The number of halogens is 2. The molecule has 4 rings (SSSR count). The number of anilines is 1. The molecule has 1 aliphatic rings. The molecule has 0 spiro atoms. The molecule has 0 bridgehead atoms. The topological polar surface area (TPSA) is 71.1 Å². The first-order chi connectivity index (χ1) is 13.9. The molecule has 0 saturated heterocycles. The zero-order chi connectivity index (χ0) is 20.7. The van der Waals surface area contributed by atoms with Crippen molar-refractivity contribution in [3.8, 4) is 5.75 Å². The molecule has 1 amide bonds. The number of pyridine rings is 1. The Morgan fingerprint density at radius 3 is 2.79 bits per heavy atom. The zero-order valence-corrected chi connectivity index (χ0v) is 17.8. The number of hydrogen-bond donors (Lipinski definition) is 1. The molecule has 29 heavy (non-hydrogen) atoms. The van der Waals surface area contributed by atoms with Gasteiger partial charge in [-0.25, -0.2) is 4.39 Å². The van der Waals surface area contributed by atoms with Crippen molar-refractivity contribution in [1.82, 2.24) is 15.2 Å². The van der Waals surface area contributed by atoms with Gasteiger partial charge in [0.15, 0.2) is 11.6 Å².